The van der Waals surface area contributed by atoms with Crippen molar-refractivity contribution in [3.05, 3.63) is 118 Å². The van der Waals surface area contributed by atoms with Crippen LogP contribution in [-0.2, 0) is 21.1 Å². The second-order valence-corrected chi connectivity index (χ2v) is 11.2. The minimum Gasteiger partial charge on any atom is -0.326 e. The van der Waals surface area contributed by atoms with Gasteiger partial charge in [0.1, 0.15) is 0 Å². The lowest BCUT2D eigenvalue weighted by Crippen LogP contribution is -2.15. The number of benzene rings is 4. The lowest BCUT2D eigenvalue weighted by Gasteiger charge is -2.14. The first-order valence-electron chi connectivity index (χ1n) is 11.8. The van der Waals surface area contributed by atoms with E-state index in [4.69, 9.17) is 11.6 Å². The molecule has 0 heterocycles. The number of anilines is 1. The zero-order valence-electron chi connectivity index (χ0n) is 20.4. The van der Waals surface area contributed by atoms with Crippen LogP contribution in [0, 0.1) is 11.3 Å². The number of hydrogen-bond donors (Lipinski definition) is 1. The fraction of sp³-hybridized carbons (Fsp3) is 0.100. The van der Waals surface area contributed by atoms with E-state index < -0.39 is 9.84 Å². The van der Waals surface area contributed by atoms with Gasteiger partial charge in [-0.3, -0.25) is 9.59 Å². The third-order valence-corrected chi connectivity index (χ3v) is 8.08. The molecule has 0 bridgehead atoms. The molecule has 0 saturated heterocycles. The molecule has 0 aromatic heterocycles. The quantitative estimate of drug-likeness (QED) is 0.271. The van der Waals surface area contributed by atoms with Crippen LogP contribution in [0.25, 0.3) is 11.1 Å². The summed E-state index contributed by atoms with van der Waals surface area (Å²) in [5, 5.41) is 12.5. The summed E-state index contributed by atoms with van der Waals surface area (Å²) in [4.78, 5) is 26.4. The Morgan fingerprint density at radius 3 is 2.32 bits per heavy atom. The molecule has 4 rings (SSSR count). The Morgan fingerprint density at radius 1 is 0.895 bits per heavy atom. The van der Waals surface area contributed by atoms with Crippen LogP contribution in [0.3, 0.4) is 0 Å². The highest BCUT2D eigenvalue weighted by Gasteiger charge is 2.19. The molecule has 0 atom stereocenters. The van der Waals surface area contributed by atoms with Gasteiger partial charge >= 0.3 is 0 Å². The fourth-order valence-corrected chi connectivity index (χ4v) is 5.08. The van der Waals surface area contributed by atoms with Gasteiger partial charge in [-0.15, -0.1) is 0 Å². The van der Waals surface area contributed by atoms with Crippen molar-refractivity contribution in [1.29, 1.82) is 5.26 Å². The number of rotatable bonds is 8. The summed E-state index contributed by atoms with van der Waals surface area (Å²) >= 11 is 6.28. The molecule has 0 aliphatic rings. The summed E-state index contributed by atoms with van der Waals surface area (Å²) in [6.07, 6.45) is 0.0337. The van der Waals surface area contributed by atoms with Gasteiger partial charge in [-0.25, -0.2) is 8.42 Å². The molecule has 0 aliphatic heterocycles. The highest BCUT2D eigenvalue weighted by molar-refractivity contribution is 7.91. The molecular formula is C30H23ClN2O4S. The largest absolute Gasteiger partial charge is 0.326 e. The monoisotopic (exact) mass is 542 g/mol. The number of halogens is 1. The van der Waals surface area contributed by atoms with E-state index in [1.807, 2.05) is 0 Å². The van der Waals surface area contributed by atoms with Crippen LogP contribution in [0.1, 0.15) is 34.0 Å². The molecule has 0 aliphatic carbocycles. The molecule has 1 N–H and O–H groups in total. The maximum absolute atomic E-state index is 13.4. The van der Waals surface area contributed by atoms with Crippen molar-refractivity contribution in [3.63, 3.8) is 0 Å². The predicted octanol–water partition coefficient (Wildman–Crippen LogP) is 6.08. The van der Waals surface area contributed by atoms with Crippen molar-refractivity contribution in [3.8, 4) is 17.2 Å². The van der Waals surface area contributed by atoms with Crippen LogP contribution in [-0.4, -0.2) is 25.9 Å². The van der Waals surface area contributed by atoms with E-state index in [1.165, 1.54) is 12.1 Å². The van der Waals surface area contributed by atoms with Gasteiger partial charge in [-0.2, -0.15) is 5.26 Å². The molecule has 0 unspecified atom stereocenters. The Morgan fingerprint density at radius 2 is 1.63 bits per heavy atom. The summed E-state index contributed by atoms with van der Waals surface area (Å²) in [6.45, 7) is 1.58. The van der Waals surface area contributed by atoms with Crippen LogP contribution in [0.4, 0.5) is 5.69 Å². The van der Waals surface area contributed by atoms with Gasteiger partial charge < -0.3 is 5.32 Å². The van der Waals surface area contributed by atoms with Crippen molar-refractivity contribution >= 4 is 38.8 Å². The summed E-state index contributed by atoms with van der Waals surface area (Å²) in [5.41, 5.74) is 3.46. The number of carbonyl (C=O) groups excluding carboxylic acids is 2. The second-order valence-electron chi connectivity index (χ2n) is 8.53. The van der Waals surface area contributed by atoms with Gasteiger partial charge in [-0.1, -0.05) is 54.9 Å². The number of hydrogen-bond acceptors (Lipinski definition) is 5. The van der Waals surface area contributed by atoms with Crippen LogP contribution < -0.4 is 5.32 Å². The van der Waals surface area contributed by atoms with Crippen LogP contribution in [0.5, 0.6) is 0 Å². The smallest absolute Gasteiger partial charge is 0.228 e. The van der Waals surface area contributed by atoms with E-state index >= 15 is 0 Å². The average Bonchev–Trinajstić information content (AvgIpc) is 2.93. The van der Waals surface area contributed by atoms with Crippen molar-refractivity contribution in [2.24, 2.45) is 0 Å². The predicted molar refractivity (Wildman–Crippen MR) is 148 cm³/mol. The van der Waals surface area contributed by atoms with E-state index in [-0.39, 0.29) is 28.8 Å². The first-order chi connectivity index (χ1) is 18.2. The molecule has 0 spiro atoms. The van der Waals surface area contributed by atoms with Gasteiger partial charge in [0.25, 0.3) is 0 Å². The topological polar surface area (TPSA) is 104 Å². The molecule has 4 aromatic carbocycles. The normalized spacial score (nSPS) is 11.0. The Kier molecular flexibility index (Phi) is 8.06. The third kappa shape index (κ3) is 6.00. The molecule has 8 heteroatoms. The maximum Gasteiger partial charge on any atom is 0.228 e. The number of ketones is 1. The number of nitrogens with zero attached hydrogens (tertiary/aromatic N) is 1. The molecule has 0 fully saturated rings. The van der Waals surface area contributed by atoms with Gasteiger partial charge in [0.2, 0.25) is 5.91 Å². The average molecular weight is 543 g/mol. The third-order valence-electron chi connectivity index (χ3n) is 6.00. The first-order valence-corrected chi connectivity index (χ1v) is 13.8. The molecule has 1 amide bonds. The maximum atomic E-state index is 13.4. The van der Waals surface area contributed by atoms with Crippen molar-refractivity contribution in [2.75, 3.05) is 11.1 Å². The Labute approximate surface area is 226 Å². The lowest BCUT2D eigenvalue weighted by atomic mass is 9.92. The zero-order valence-corrected chi connectivity index (χ0v) is 22.0. The van der Waals surface area contributed by atoms with Crippen LogP contribution in [0.2, 0.25) is 5.02 Å². The first kappa shape index (κ1) is 26.8. The molecule has 4 aromatic rings. The number of sulfone groups is 1. The molecule has 0 saturated carbocycles. The van der Waals surface area contributed by atoms with E-state index in [9.17, 15) is 23.3 Å². The highest BCUT2D eigenvalue weighted by atomic mass is 35.5. The van der Waals surface area contributed by atoms with Crippen molar-refractivity contribution in [2.45, 2.75) is 18.2 Å². The summed E-state index contributed by atoms with van der Waals surface area (Å²) in [5.74, 6) is -0.590. The van der Waals surface area contributed by atoms with E-state index in [0.29, 0.717) is 44.1 Å². The van der Waals surface area contributed by atoms with Crippen molar-refractivity contribution < 1.29 is 18.0 Å². The van der Waals surface area contributed by atoms with Crippen molar-refractivity contribution in [1.82, 2.24) is 0 Å². The lowest BCUT2D eigenvalue weighted by molar-refractivity contribution is -0.115. The standard InChI is InChI=1S/C30H23ClN2O4S/c1-2-38(36,37)24-13-10-20(11-14-24)17-29(34)33-23-12-15-25(30(35)26-8-3-4-9-28(26)31)27(18-23)22-7-5-6-21(16-22)19-32/h3-16,18H,2,17H2,1H3,(H,33,34). The second kappa shape index (κ2) is 11.4. The zero-order chi connectivity index (χ0) is 27.3. The fourth-order valence-electron chi connectivity index (χ4n) is 3.98. The summed E-state index contributed by atoms with van der Waals surface area (Å²) in [7, 11) is -3.32. The Balaban J connectivity index is 1.64. The van der Waals surface area contributed by atoms with Gasteiger partial charge in [-0.05, 0) is 71.3 Å². The SMILES string of the molecule is CCS(=O)(=O)c1ccc(CC(=O)Nc2ccc(C(=O)c3ccccc3Cl)c(-c3cccc(C#N)c3)c2)cc1. The molecule has 38 heavy (non-hydrogen) atoms. The number of nitriles is 1. The number of nitrogens with one attached hydrogen (secondary N) is 1. The number of carbonyl (C=O) groups is 2. The van der Waals surface area contributed by atoms with Gasteiger partial charge in [0.15, 0.2) is 15.6 Å². The minimum absolute atomic E-state index is 0.00141. The van der Waals surface area contributed by atoms with Gasteiger partial charge in [0.05, 0.1) is 33.7 Å². The summed E-state index contributed by atoms with van der Waals surface area (Å²) < 4.78 is 24.0. The van der Waals surface area contributed by atoms with E-state index in [0.717, 1.165) is 0 Å². The van der Waals surface area contributed by atoms with E-state index in [2.05, 4.69) is 11.4 Å². The summed E-state index contributed by atoms with van der Waals surface area (Å²) in [6, 6.07) is 26.9. The molecule has 0 radical (unpaired) electrons. The minimum atomic E-state index is -3.32. The van der Waals surface area contributed by atoms with Crippen LogP contribution in [0.15, 0.2) is 95.9 Å². The highest BCUT2D eigenvalue weighted by Crippen LogP contribution is 2.31. The van der Waals surface area contributed by atoms with Crippen LogP contribution >= 0.6 is 11.6 Å². The Bertz CT molecular complexity index is 1670. The molecular weight excluding hydrogens is 520 g/mol. The number of amides is 1. The van der Waals surface area contributed by atoms with Gasteiger partial charge in [0, 0.05) is 16.8 Å². The van der Waals surface area contributed by atoms with E-state index in [1.54, 1.807) is 85.8 Å². The molecule has 190 valence electrons. The molecule has 6 nitrogen and oxygen atoms in total. The Hall–Kier alpha value is -4.25.